The largest absolute Gasteiger partial charge is 0.497 e. The van der Waals surface area contributed by atoms with Gasteiger partial charge >= 0.3 is 6.18 Å². The second-order valence-electron chi connectivity index (χ2n) is 4.47. The normalized spacial score (nSPS) is 13.0. The van der Waals surface area contributed by atoms with Gasteiger partial charge in [-0.25, -0.2) is 0 Å². The number of carbonyl (C=O) groups is 1. The molecular weight excluding hydrogens is 301 g/mol. The lowest BCUT2D eigenvalue weighted by Gasteiger charge is -2.16. The lowest BCUT2D eigenvalue weighted by Crippen LogP contribution is -2.24. The minimum atomic E-state index is -4.80. The molecule has 6 heteroatoms. The highest BCUT2D eigenvalue weighted by Gasteiger charge is 2.39. The number of ether oxygens (including phenoxy) is 1. The number of hydrogen-bond donors (Lipinski definition) is 0. The number of benzene rings is 1. The number of ketones is 1. The van der Waals surface area contributed by atoms with Crippen LogP contribution in [0, 0.1) is 0 Å². The van der Waals surface area contributed by atoms with Crippen LogP contribution in [0.25, 0.3) is 0 Å². The van der Waals surface area contributed by atoms with Gasteiger partial charge in [-0.2, -0.15) is 13.2 Å². The van der Waals surface area contributed by atoms with Crippen molar-refractivity contribution in [2.24, 2.45) is 0 Å². The van der Waals surface area contributed by atoms with Crippen molar-refractivity contribution in [3.05, 3.63) is 52.2 Å². The number of methoxy groups -OCH3 is 1. The molecule has 0 aliphatic rings. The molecule has 0 aliphatic carbocycles. The fourth-order valence-electron chi connectivity index (χ4n) is 2.01. The van der Waals surface area contributed by atoms with Crippen LogP contribution >= 0.6 is 11.3 Å². The second kappa shape index (κ2) is 6.30. The Morgan fingerprint density at radius 3 is 2.38 bits per heavy atom. The van der Waals surface area contributed by atoms with Crippen molar-refractivity contribution in [1.82, 2.24) is 0 Å². The van der Waals surface area contributed by atoms with Gasteiger partial charge in [0.1, 0.15) is 5.75 Å². The molecule has 0 unspecified atom stereocenters. The standard InChI is InChI=1S/C15H13F3O2S/c1-20-11-6-4-10(5-7-11)12(13-3-2-8-21-13)9-14(19)15(16,17)18/h2-8,12H,9H2,1H3/t12-/m0/s1. The summed E-state index contributed by atoms with van der Waals surface area (Å²) in [5.74, 6) is -1.69. The molecule has 1 heterocycles. The molecule has 2 nitrogen and oxygen atoms in total. The molecule has 0 bridgehead atoms. The van der Waals surface area contributed by atoms with Gasteiger partial charge in [-0.1, -0.05) is 18.2 Å². The molecule has 112 valence electrons. The summed E-state index contributed by atoms with van der Waals surface area (Å²) in [5.41, 5.74) is 0.663. The quantitative estimate of drug-likeness (QED) is 0.817. The number of halogens is 3. The maximum Gasteiger partial charge on any atom is 0.450 e. The first-order valence-corrected chi connectivity index (χ1v) is 7.07. The maximum atomic E-state index is 12.5. The van der Waals surface area contributed by atoms with E-state index in [-0.39, 0.29) is 0 Å². The number of hydrogen-bond acceptors (Lipinski definition) is 3. The average Bonchev–Trinajstić information content (AvgIpc) is 2.97. The second-order valence-corrected chi connectivity index (χ2v) is 5.45. The summed E-state index contributed by atoms with van der Waals surface area (Å²) < 4.78 is 42.6. The molecule has 0 aliphatic heterocycles. The SMILES string of the molecule is COc1ccc([C@H](CC(=O)C(F)(F)F)c2cccs2)cc1. The Kier molecular flexibility index (Phi) is 4.67. The Balaban J connectivity index is 2.30. The van der Waals surface area contributed by atoms with E-state index in [9.17, 15) is 18.0 Å². The zero-order valence-electron chi connectivity index (χ0n) is 11.2. The Morgan fingerprint density at radius 1 is 1.24 bits per heavy atom. The van der Waals surface area contributed by atoms with Crippen molar-refractivity contribution in [2.45, 2.75) is 18.5 Å². The number of rotatable bonds is 5. The van der Waals surface area contributed by atoms with E-state index in [1.165, 1.54) is 18.4 Å². The van der Waals surface area contributed by atoms with E-state index in [1.54, 1.807) is 41.8 Å². The minimum absolute atomic E-state index is 0.587. The lowest BCUT2D eigenvalue weighted by atomic mass is 9.92. The van der Waals surface area contributed by atoms with Crippen molar-refractivity contribution in [1.29, 1.82) is 0 Å². The van der Waals surface area contributed by atoms with E-state index in [2.05, 4.69) is 0 Å². The number of alkyl halides is 3. The number of thiophene rings is 1. The molecule has 1 aromatic heterocycles. The highest BCUT2D eigenvalue weighted by atomic mass is 32.1. The van der Waals surface area contributed by atoms with Crippen LogP contribution in [-0.2, 0) is 4.79 Å². The molecule has 0 spiro atoms. The van der Waals surface area contributed by atoms with E-state index < -0.39 is 24.3 Å². The van der Waals surface area contributed by atoms with Crippen LogP contribution < -0.4 is 4.74 Å². The molecule has 0 saturated heterocycles. The van der Waals surface area contributed by atoms with E-state index in [1.807, 2.05) is 0 Å². The van der Waals surface area contributed by atoms with Crippen molar-refractivity contribution < 1.29 is 22.7 Å². The highest BCUT2D eigenvalue weighted by Crippen LogP contribution is 2.34. The van der Waals surface area contributed by atoms with Gasteiger partial charge in [0.2, 0.25) is 5.78 Å². The van der Waals surface area contributed by atoms with Gasteiger partial charge in [-0.15, -0.1) is 11.3 Å². The summed E-state index contributed by atoms with van der Waals surface area (Å²) in [4.78, 5) is 12.1. The van der Waals surface area contributed by atoms with Crippen LogP contribution in [0.1, 0.15) is 22.8 Å². The van der Waals surface area contributed by atoms with Gasteiger partial charge in [0.05, 0.1) is 7.11 Å². The van der Waals surface area contributed by atoms with Gasteiger partial charge in [-0.3, -0.25) is 4.79 Å². The molecule has 2 rings (SSSR count). The Morgan fingerprint density at radius 2 is 1.90 bits per heavy atom. The zero-order chi connectivity index (χ0) is 15.5. The van der Waals surface area contributed by atoms with Crippen LogP contribution in [0.3, 0.4) is 0 Å². The third-order valence-electron chi connectivity index (χ3n) is 3.11. The van der Waals surface area contributed by atoms with Crippen molar-refractivity contribution in [2.75, 3.05) is 7.11 Å². The van der Waals surface area contributed by atoms with Crippen LogP contribution in [0.4, 0.5) is 13.2 Å². The van der Waals surface area contributed by atoms with E-state index in [0.717, 1.165) is 4.88 Å². The summed E-state index contributed by atoms with van der Waals surface area (Å²) in [7, 11) is 1.51. The topological polar surface area (TPSA) is 26.3 Å². The molecule has 0 N–H and O–H groups in total. The number of Topliss-reactive ketones (excluding diaryl/α,β-unsaturated/α-hetero) is 1. The van der Waals surface area contributed by atoms with Gasteiger partial charge in [0.25, 0.3) is 0 Å². The van der Waals surface area contributed by atoms with Gasteiger partial charge in [0, 0.05) is 17.2 Å². The highest BCUT2D eigenvalue weighted by molar-refractivity contribution is 7.10. The van der Waals surface area contributed by atoms with E-state index in [0.29, 0.717) is 11.3 Å². The number of carbonyl (C=O) groups excluding carboxylic acids is 1. The molecule has 1 aromatic carbocycles. The van der Waals surface area contributed by atoms with Crippen molar-refractivity contribution in [3.8, 4) is 5.75 Å². The first-order valence-electron chi connectivity index (χ1n) is 6.19. The minimum Gasteiger partial charge on any atom is -0.497 e. The van der Waals surface area contributed by atoms with Gasteiger partial charge in [-0.05, 0) is 29.1 Å². The molecule has 0 saturated carbocycles. The smallest absolute Gasteiger partial charge is 0.450 e. The lowest BCUT2D eigenvalue weighted by molar-refractivity contribution is -0.171. The van der Waals surface area contributed by atoms with Crippen LogP contribution in [0.2, 0.25) is 0 Å². The Labute approximate surface area is 124 Å². The third kappa shape index (κ3) is 3.85. The molecule has 0 amide bonds. The molecule has 2 aromatic rings. The maximum absolute atomic E-state index is 12.5. The first-order chi connectivity index (χ1) is 9.91. The van der Waals surface area contributed by atoms with Crippen molar-refractivity contribution >= 4 is 17.1 Å². The summed E-state index contributed by atoms with van der Waals surface area (Å²) >= 11 is 1.34. The fourth-order valence-corrected chi connectivity index (χ4v) is 2.86. The Hall–Kier alpha value is -1.82. The average molecular weight is 314 g/mol. The van der Waals surface area contributed by atoms with E-state index in [4.69, 9.17) is 4.74 Å². The summed E-state index contributed by atoms with van der Waals surface area (Å²) in [6.45, 7) is 0. The molecular formula is C15H13F3O2S. The molecule has 0 radical (unpaired) electrons. The van der Waals surface area contributed by atoms with Gasteiger partial charge < -0.3 is 4.74 Å². The van der Waals surface area contributed by atoms with Crippen LogP contribution in [0.15, 0.2) is 41.8 Å². The molecule has 21 heavy (non-hydrogen) atoms. The van der Waals surface area contributed by atoms with E-state index >= 15 is 0 Å². The molecule has 1 atom stereocenters. The summed E-state index contributed by atoms with van der Waals surface area (Å²) in [5, 5.41) is 1.78. The predicted molar refractivity (Wildman–Crippen MR) is 74.8 cm³/mol. The predicted octanol–water partition coefficient (Wildman–Crippen LogP) is 4.41. The summed E-state index contributed by atoms with van der Waals surface area (Å²) in [6.07, 6.45) is -5.39. The fraction of sp³-hybridized carbons (Fsp3) is 0.267. The van der Waals surface area contributed by atoms with Crippen LogP contribution in [0.5, 0.6) is 5.75 Å². The summed E-state index contributed by atoms with van der Waals surface area (Å²) in [6, 6.07) is 10.2. The van der Waals surface area contributed by atoms with Crippen molar-refractivity contribution in [3.63, 3.8) is 0 Å². The first kappa shape index (κ1) is 15.6. The van der Waals surface area contributed by atoms with Crippen LogP contribution in [-0.4, -0.2) is 19.1 Å². The monoisotopic (exact) mass is 314 g/mol. The Bertz CT molecular complexity index is 588. The molecule has 0 fully saturated rings. The third-order valence-corrected chi connectivity index (χ3v) is 4.10. The van der Waals surface area contributed by atoms with Gasteiger partial charge in [0.15, 0.2) is 0 Å². The zero-order valence-corrected chi connectivity index (χ0v) is 12.0.